The topological polar surface area (TPSA) is 71.6 Å². The summed E-state index contributed by atoms with van der Waals surface area (Å²) in [6.45, 7) is 1.81. The van der Waals surface area contributed by atoms with E-state index in [0.29, 0.717) is 25.3 Å². The zero-order valence-corrected chi connectivity index (χ0v) is 13.2. The minimum absolute atomic E-state index is 0.0141. The molecule has 6 nitrogen and oxygen atoms in total. The molecule has 1 unspecified atom stereocenters. The normalized spacial score (nSPS) is 19.3. The van der Waals surface area contributed by atoms with Crippen LogP contribution in [0, 0.1) is 0 Å². The Morgan fingerprint density at radius 3 is 2.75 bits per heavy atom. The molecular formula is C18H18N2O4. The number of rotatable bonds is 2. The Balaban J connectivity index is 1.61. The van der Waals surface area contributed by atoms with Crippen molar-refractivity contribution in [2.24, 2.45) is 0 Å². The average Bonchev–Trinajstić information content (AvgIpc) is 3.11. The predicted molar refractivity (Wildman–Crippen MR) is 87.5 cm³/mol. The van der Waals surface area contributed by atoms with Crippen LogP contribution in [0.1, 0.15) is 34.8 Å². The van der Waals surface area contributed by atoms with E-state index in [9.17, 15) is 9.59 Å². The molecule has 1 N–H and O–H groups in total. The van der Waals surface area contributed by atoms with Crippen LogP contribution in [0.15, 0.2) is 41.3 Å². The molecule has 1 fully saturated rings. The number of hydrogen-bond acceptors (Lipinski definition) is 4. The van der Waals surface area contributed by atoms with Crippen molar-refractivity contribution in [3.05, 3.63) is 58.0 Å². The lowest BCUT2D eigenvalue weighted by atomic mass is 10.0. The summed E-state index contributed by atoms with van der Waals surface area (Å²) < 4.78 is 11.2. The van der Waals surface area contributed by atoms with Gasteiger partial charge in [0.15, 0.2) is 11.5 Å². The lowest BCUT2D eigenvalue weighted by Crippen LogP contribution is -2.31. The van der Waals surface area contributed by atoms with Crippen LogP contribution in [-0.4, -0.2) is 35.5 Å². The van der Waals surface area contributed by atoms with Crippen LogP contribution in [0.3, 0.4) is 0 Å². The number of benzene rings is 1. The Morgan fingerprint density at radius 1 is 1.12 bits per heavy atom. The maximum Gasteiger partial charge on any atom is 0.255 e. The molecule has 0 aliphatic carbocycles. The minimum Gasteiger partial charge on any atom is -0.486 e. The molecule has 1 amide bonds. The lowest BCUT2D eigenvalue weighted by Gasteiger charge is -2.26. The quantitative estimate of drug-likeness (QED) is 0.917. The standard InChI is InChI=1S/C18H18N2O4/c21-17-6-4-13(11-19-17)18(22)20-7-1-2-14(20)12-3-5-15-16(10-12)24-9-8-23-15/h3-6,10-11,14H,1-2,7-9H2,(H,19,21). The largest absolute Gasteiger partial charge is 0.486 e. The maximum atomic E-state index is 12.8. The first-order valence-electron chi connectivity index (χ1n) is 8.11. The number of aromatic amines is 1. The third kappa shape index (κ3) is 2.64. The molecule has 0 saturated carbocycles. The van der Waals surface area contributed by atoms with Gasteiger partial charge in [-0.2, -0.15) is 0 Å². The van der Waals surface area contributed by atoms with Crippen molar-refractivity contribution in [1.82, 2.24) is 9.88 Å². The van der Waals surface area contributed by atoms with E-state index < -0.39 is 0 Å². The number of pyridine rings is 1. The molecule has 2 aliphatic rings. The number of H-pyrrole nitrogens is 1. The summed E-state index contributed by atoms with van der Waals surface area (Å²) in [6.07, 6.45) is 3.34. The molecule has 0 spiro atoms. The second kappa shape index (κ2) is 6.03. The van der Waals surface area contributed by atoms with Crippen molar-refractivity contribution < 1.29 is 14.3 Å². The Bertz CT molecular complexity index is 810. The molecule has 0 radical (unpaired) electrons. The zero-order valence-electron chi connectivity index (χ0n) is 13.2. The summed E-state index contributed by atoms with van der Waals surface area (Å²) in [6, 6.07) is 8.84. The molecule has 4 rings (SSSR count). The van der Waals surface area contributed by atoms with E-state index in [1.54, 1.807) is 6.07 Å². The number of amides is 1. The third-order valence-corrected chi connectivity index (χ3v) is 4.50. The van der Waals surface area contributed by atoms with Gasteiger partial charge in [-0.25, -0.2) is 0 Å². The fourth-order valence-electron chi connectivity index (χ4n) is 3.33. The highest BCUT2D eigenvalue weighted by Gasteiger charge is 2.31. The van der Waals surface area contributed by atoms with Gasteiger partial charge >= 0.3 is 0 Å². The van der Waals surface area contributed by atoms with Gasteiger partial charge in [0.05, 0.1) is 11.6 Å². The molecule has 2 aromatic rings. The summed E-state index contributed by atoms with van der Waals surface area (Å²) in [5.41, 5.74) is 1.34. The highest BCUT2D eigenvalue weighted by atomic mass is 16.6. The summed E-state index contributed by atoms with van der Waals surface area (Å²) in [7, 11) is 0. The molecule has 124 valence electrons. The third-order valence-electron chi connectivity index (χ3n) is 4.50. The summed E-state index contributed by atoms with van der Waals surface area (Å²) in [5.74, 6) is 1.42. The SMILES string of the molecule is O=C(c1ccc(=O)[nH]c1)N1CCCC1c1ccc2c(c1)OCCO2. The van der Waals surface area contributed by atoms with E-state index in [2.05, 4.69) is 4.98 Å². The highest BCUT2D eigenvalue weighted by Crippen LogP contribution is 2.38. The molecule has 1 atom stereocenters. The van der Waals surface area contributed by atoms with Gasteiger partial charge in [-0.1, -0.05) is 6.07 Å². The van der Waals surface area contributed by atoms with Gasteiger partial charge in [0.1, 0.15) is 13.2 Å². The van der Waals surface area contributed by atoms with Gasteiger partial charge in [-0.15, -0.1) is 0 Å². The molecule has 24 heavy (non-hydrogen) atoms. The van der Waals surface area contributed by atoms with Gasteiger partial charge in [0, 0.05) is 18.8 Å². The summed E-state index contributed by atoms with van der Waals surface area (Å²) in [5, 5.41) is 0. The number of carbonyl (C=O) groups excluding carboxylic acids is 1. The van der Waals surface area contributed by atoms with E-state index in [1.807, 2.05) is 23.1 Å². The minimum atomic E-state index is -0.212. The van der Waals surface area contributed by atoms with Crippen LogP contribution >= 0.6 is 0 Å². The van der Waals surface area contributed by atoms with E-state index in [0.717, 1.165) is 29.9 Å². The number of nitrogens with zero attached hydrogens (tertiary/aromatic N) is 1. The van der Waals surface area contributed by atoms with Crippen LogP contribution in [0.2, 0.25) is 0 Å². The van der Waals surface area contributed by atoms with Crippen molar-refractivity contribution in [3.63, 3.8) is 0 Å². The van der Waals surface area contributed by atoms with Crippen molar-refractivity contribution >= 4 is 5.91 Å². The van der Waals surface area contributed by atoms with Gasteiger partial charge in [-0.3, -0.25) is 9.59 Å². The van der Waals surface area contributed by atoms with E-state index >= 15 is 0 Å². The molecule has 1 aromatic carbocycles. The van der Waals surface area contributed by atoms with Crippen molar-refractivity contribution in [2.75, 3.05) is 19.8 Å². The van der Waals surface area contributed by atoms with Crippen LogP contribution in [0.5, 0.6) is 11.5 Å². The number of aromatic nitrogens is 1. The van der Waals surface area contributed by atoms with E-state index in [4.69, 9.17) is 9.47 Å². The molecular weight excluding hydrogens is 308 g/mol. The van der Waals surface area contributed by atoms with E-state index in [-0.39, 0.29) is 17.5 Å². The van der Waals surface area contributed by atoms with Gasteiger partial charge in [0.25, 0.3) is 5.91 Å². The smallest absolute Gasteiger partial charge is 0.255 e. The monoisotopic (exact) mass is 326 g/mol. The Kier molecular flexibility index (Phi) is 3.72. The second-order valence-electron chi connectivity index (χ2n) is 6.00. The average molecular weight is 326 g/mol. The Hall–Kier alpha value is -2.76. The maximum absolute atomic E-state index is 12.8. The molecule has 1 saturated heterocycles. The number of likely N-dealkylation sites (tertiary alicyclic amines) is 1. The van der Waals surface area contributed by atoms with Crippen molar-refractivity contribution in [1.29, 1.82) is 0 Å². The molecule has 2 aliphatic heterocycles. The fraction of sp³-hybridized carbons (Fsp3) is 0.333. The predicted octanol–water partition coefficient (Wildman–Crippen LogP) is 2.12. The van der Waals surface area contributed by atoms with Crippen molar-refractivity contribution in [2.45, 2.75) is 18.9 Å². The zero-order chi connectivity index (χ0) is 16.5. The van der Waals surface area contributed by atoms with Gasteiger partial charge < -0.3 is 19.4 Å². The number of ether oxygens (including phenoxy) is 2. The number of hydrogen-bond donors (Lipinski definition) is 1. The molecule has 0 bridgehead atoms. The first-order valence-corrected chi connectivity index (χ1v) is 8.11. The molecule has 3 heterocycles. The first kappa shape index (κ1) is 14.8. The van der Waals surface area contributed by atoms with Gasteiger partial charge in [0.2, 0.25) is 5.56 Å². The van der Waals surface area contributed by atoms with Crippen LogP contribution in [0.4, 0.5) is 0 Å². The van der Waals surface area contributed by atoms with Crippen molar-refractivity contribution in [3.8, 4) is 11.5 Å². The van der Waals surface area contributed by atoms with Crippen LogP contribution < -0.4 is 15.0 Å². The summed E-state index contributed by atoms with van der Waals surface area (Å²) >= 11 is 0. The Morgan fingerprint density at radius 2 is 1.96 bits per heavy atom. The molecule has 1 aromatic heterocycles. The van der Waals surface area contributed by atoms with E-state index in [1.165, 1.54) is 12.3 Å². The lowest BCUT2D eigenvalue weighted by molar-refractivity contribution is 0.0734. The fourth-order valence-corrected chi connectivity index (χ4v) is 3.33. The van der Waals surface area contributed by atoms with Crippen LogP contribution in [-0.2, 0) is 0 Å². The molecule has 6 heteroatoms. The Labute approximate surface area is 139 Å². The number of carbonyl (C=O) groups is 1. The first-order chi connectivity index (χ1) is 11.7. The highest BCUT2D eigenvalue weighted by molar-refractivity contribution is 5.94. The van der Waals surface area contributed by atoms with Crippen LogP contribution in [0.25, 0.3) is 0 Å². The number of fused-ring (bicyclic) bond motifs is 1. The van der Waals surface area contributed by atoms with Gasteiger partial charge in [-0.05, 0) is 36.6 Å². The number of nitrogens with one attached hydrogen (secondary N) is 1. The second-order valence-corrected chi connectivity index (χ2v) is 6.00. The summed E-state index contributed by atoms with van der Waals surface area (Å²) in [4.78, 5) is 28.4.